The molecule has 0 bridgehead atoms. The van der Waals surface area contributed by atoms with Gasteiger partial charge in [0.15, 0.2) is 0 Å². The van der Waals surface area contributed by atoms with Gasteiger partial charge < -0.3 is 5.32 Å². The van der Waals surface area contributed by atoms with Crippen molar-refractivity contribution in [1.29, 1.82) is 0 Å². The van der Waals surface area contributed by atoms with Crippen LogP contribution in [0.15, 0.2) is 0 Å². The van der Waals surface area contributed by atoms with Crippen LogP contribution in [0.3, 0.4) is 0 Å². The molecule has 1 fully saturated rings. The van der Waals surface area contributed by atoms with E-state index in [1.54, 1.807) is 0 Å². The quantitative estimate of drug-likeness (QED) is 0.765. The Morgan fingerprint density at radius 1 is 1.24 bits per heavy atom. The third-order valence-corrected chi connectivity index (χ3v) is 4.11. The molecule has 0 amide bonds. The summed E-state index contributed by atoms with van der Waals surface area (Å²) in [6.45, 7) is 15.0. The molecular weight excluding hydrogens is 210 g/mol. The van der Waals surface area contributed by atoms with Gasteiger partial charge in [-0.25, -0.2) is 0 Å². The van der Waals surface area contributed by atoms with Crippen molar-refractivity contribution in [3.8, 4) is 0 Å². The lowest BCUT2D eigenvalue weighted by molar-refractivity contribution is 0.0147. The molecule has 1 saturated heterocycles. The van der Waals surface area contributed by atoms with Gasteiger partial charge >= 0.3 is 0 Å². The van der Waals surface area contributed by atoms with Gasteiger partial charge in [0.25, 0.3) is 0 Å². The van der Waals surface area contributed by atoms with Gasteiger partial charge in [-0.1, -0.05) is 20.3 Å². The summed E-state index contributed by atoms with van der Waals surface area (Å²) in [7, 11) is 2.25. The summed E-state index contributed by atoms with van der Waals surface area (Å²) in [4.78, 5) is 5.17. The number of hydrogen-bond donors (Lipinski definition) is 1. The molecule has 0 aromatic heterocycles. The minimum Gasteiger partial charge on any atom is -0.315 e. The highest BCUT2D eigenvalue weighted by atomic mass is 15.3. The van der Waals surface area contributed by atoms with Crippen molar-refractivity contribution in [3.05, 3.63) is 0 Å². The molecule has 1 atom stereocenters. The fourth-order valence-corrected chi connectivity index (χ4v) is 2.65. The Balaban J connectivity index is 2.55. The highest BCUT2D eigenvalue weighted by molar-refractivity contribution is 4.91. The summed E-state index contributed by atoms with van der Waals surface area (Å²) >= 11 is 0. The lowest BCUT2D eigenvalue weighted by Gasteiger charge is -2.48. The van der Waals surface area contributed by atoms with E-state index in [1.807, 2.05) is 0 Å². The number of hydrogen-bond acceptors (Lipinski definition) is 3. The Morgan fingerprint density at radius 2 is 1.94 bits per heavy atom. The molecule has 1 aliphatic heterocycles. The molecule has 0 saturated carbocycles. The zero-order valence-corrected chi connectivity index (χ0v) is 12.4. The maximum atomic E-state index is 3.51. The molecule has 0 aromatic rings. The van der Waals surface area contributed by atoms with Gasteiger partial charge in [-0.2, -0.15) is 0 Å². The molecule has 102 valence electrons. The second-order valence-corrected chi connectivity index (χ2v) is 5.95. The first-order chi connectivity index (χ1) is 8.01. The molecule has 0 radical (unpaired) electrons. The van der Waals surface area contributed by atoms with E-state index in [4.69, 9.17) is 0 Å². The van der Waals surface area contributed by atoms with Crippen LogP contribution in [0.2, 0.25) is 0 Å². The van der Waals surface area contributed by atoms with Gasteiger partial charge in [0.1, 0.15) is 0 Å². The van der Waals surface area contributed by atoms with Gasteiger partial charge in [0.2, 0.25) is 0 Å². The number of nitrogens with zero attached hydrogens (tertiary/aromatic N) is 2. The van der Waals surface area contributed by atoms with Gasteiger partial charge in [0.05, 0.1) is 0 Å². The van der Waals surface area contributed by atoms with E-state index in [-0.39, 0.29) is 0 Å². The molecule has 1 aliphatic rings. The minimum absolute atomic E-state index is 0.316. The number of likely N-dealkylation sites (N-methyl/N-ethyl adjacent to an activating group) is 2. The van der Waals surface area contributed by atoms with Gasteiger partial charge in [-0.05, 0) is 33.9 Å². The second kappa shape index (κ2) is 6.72. The van der Waals surface area contributed by atoms with Crippen LogP contribution in [0.25, 0.3) is 0 Å². The first kappa shape index (κ1) is 14.9. The van der Waals surface area contributed by atoms with Crippen LogP contribution in [0.5, 0.6) is 0 Å². The summed E-state index contributed by atoms with van der Waals surface area (Å²) in [6.07, 6.45) is 2.59. The van der Waals surface area contributed by atoms with Crippen molar-refractivity contribution < 1.29 is 0 Å². The maximum Gasteiger partial charge on any atom is 0.0277 e. The second-order valence-electron chi connectivity index (χ2n) is 5.95. The summed E-state index contributed by atoms with van der Waals surface area (Å²) in [6, 6.07) is 0.716. The minimum atomic E-state index is 0.316. The van der Waals surface area contributed by atoms with E-state index in [0.717, 1.165) is 13.1 Å². The Kier molecular flexibility index (Phi) is 5.90. The highest BCUT2D eigenvalue weighted by Gasteiger charge is 2.33. The van der Waals surface area contributed by atoms with Crippen LogP contribution < -0.4 is 5.32 Å². The topological polar surface area (TPSA) is 18.5 Å². The van der Waals surface area contributed by atoms with Crippen LogP contribution in [0, 0.1) is 0 Å². The van der Waals surface area contributed by atoms with E-state index >= 15 is 0 Å². The SMILES string of the molecule is CCCC(CNCC)N1CCN(C)C(C)(C)C1. The van der Waals surface area contributed by atoms with E-state index < -0.39 is 0 Å². The largest absolute Gasteiger partial charge is 0.315 e. The molecule has 17 heavy (non-hydrogen) atoms. The predicted molar refractivity (Wildman–Crippen MR) is 75.5 cm³/mol. The van der Waals surface area contributed by atoms with Crippen molar-refractivity contribution in [2.24, 2.45) is 0 Å². The third kappa shape index (κ3) is 4.23. The van der Waals surface area contributed by atoms with E-state index in [9.17, 15) is 0 Å². The Labute approximate surface area is 108 Å². The summed E-state index contributed by atoms with van der Waals surface area (Å²) in [5, 5.41) is 3.51. The Bertz CT molecular complexity index is 216. The summed E-state index contributed by atoms with van der Waals surface area (Å²) in [5.74, 6) is 0. The molecule has 3 heteroatoms. The lowest BCUT2D eigenvalue weighted by atomic mass is 9.97. The number of piperazine rings is 1. The summed E-state index contributed by atoms with van der Waals surface area (Å²) in [5.41, 5.74) is 0.316. The number of nitrogens with one attached hydrogen (secondary N) is 1. The van der Waals surface area contributed by atoms with Gasteiger partial charge in [0, 0.05) is 37.8 Å². The zero-order chi connectivity index (χ0) is 12.9. The Hall–Kier alpha value is -0.120. The standard InChI is InChI=1S/C14H31N3/c1-6-8-13(11-15-7-2)17-10-9-16(5)14(3,4)12-17/h13,15H,6-12H2,1-5H3. The lowest BCUT2D eigenvalue weighted by Crippen LogP contribution is -2.61. The van der Waals surface area contributed by atoms with Crippen molar-refractivity contribution in [2.45, 2.75) is 52.1 Å². The van der Waals surface area contributed by atoms with Crippen molar-refractivity contribution in [1.82, 2.24) is 15.1 Å². The number of rotatable bonds is 6. The monoisotopic (exact) mass is 241 g/mol. The predicted octanol–water partition coefficient (Wildman–Crippen LogP) is 1.79. The van der Waals surface area contributed by atoms with Crippen molar-refractivity contribution >= 4 is 0 Å². The van der Waals surface area contributed by atoms with Gasteiger partial charge in [-0.3, -0.25) is 9.80 Å². The third-order valence-electron chi connectivity index (χ3n) is 4.11. The molecule has 1 heterocycles. The molecule has 0 aromatic carbocycles. The van der Waals surface area contributed by atoms with E-state index in [2.05, 4.69) is 49.9 Å². The van der Waals surface area contributed by atoms with E-state index in [1.165, 1.54) is 32.5 Å². The highest BCUT2D eigenvalue weighted by Crippen LogP contribution is 2.21. The maximum absolute atomic E-state index is 3.51. The fourth-order valence-electron chi connectivity index (χ4n) is 2.65. The first-order valence-electron chi connectivity index (χ1n) is 7.17. The molecule has 1 unspecified atom stereocenters. The normalized spacial score (nSPS) is 23.8. The zero-order valence-electron chi connectivity index (χ0n) is 12.4. The van der Waals surface area contributed by atoms with Crippen LogP contribution in [0.4, 0.5) is 0 Å². The molecule has 1 N–H and O–H groups in total. The van der Waals surface area contributed by atoms with Crippen LogP contribution in [-0.4, -0.2) is 61.2 Å². The Morgan fingerprint density at radius 3 is 2.47 bits per heavy atom. The molecule has 0 aliphatic carbocycles. The first-order valence-corrected chi connectivity index (χ1v) is 7.17. The van der Waals surface area contributed by atoms with Crippen molar-refractivity contribution in [2.75, 3.05) is 39.8 Å². The smallest absolute Gasteiger partial charge is 0.0277 e. The fraction of sp³-hybridized carbons (Fsp3) is 1.00. The molecule has 1 rings (SSSR count). The molecule has 3 nitrogen and oxygen atoms in total. The van der Waals surface area contributed by atoms with Crippen molar-refractivity contribution in [3.63, 3.8) is 0 Å². The van der Waals surface area contributed by atoms with Crippen LogP contribution in [-0.2, 0) is 0 Å². The summed E-state index contributed by atoms with van der Waals surface area (Å²) < 4.78 is 0. The van der Waals surface area contributed by atoms with Crippen LogP contribution >= 0.6 is 0 Å². The average molecular weight is 241 g/mol. The molecular formula is C14H31N3. The molecule has 0 spiro atoms. The van der Waals surface area contributed by atoms with Gasteiger partial charge in [-0.15, -0.1) is 0 Å². The average Bonchev–Trinajstić information content (AvgIpc) is 2.28. The van der Waals surface area contributed by atoms with Crippen LogP contribution in [0.1, 0.15) is 40.5 Å². The van der Waals surface area contributed by atoms with E-state index in [0.29, 0.717) is 11.6 Å².